The average molecular weight is 197 g/mol. The molecule has 0 aromatic carbocycles. The Bertz CT molecular complexity index is 243. The summed E-state index contributed by atoms with van der Waals surface area (Å²) in [4.78, 5) is 0. The normalized spacial score (nSPS) is 13.7. The second-order valence-corrected chi connectivity index (χ2v) is 3.58. The Morgan fingerprint density at radius 1 is 1.69 bits per heavy atom. The molecule has 1 unspecified atom stereocenters. The minimum atomic E-state index is -0.378. The first kappa shape index (κ1) is 10.4. The van der Waals surface area contributed by atoms with E-state index >= 15 is 0 Å². The second-order valence-electron chi connectivity index (χ2n) is 2.80. The maximum absolute atomic E-state index is 9.63. The molecule has 1 aromatic heterocycles. The van der Waals surface area contributed by atoms with Gasteiger partial charge in [0, 0.05) is 13.1 Å². The van der Waals surface area contributed by atoms with Gasteiger partial charge < -0.3 is 10.4 Å². The van der Waals surface area contributed by atoms with Gasteiger partial charge in [0.1, 0.15) is 0 Å². The van der Waals surface area contributed by atoms with Gasteiger partial charge >= 0.3 is 0 Å². The van der Waals surface area contributed by atoms with Crippen LogP contribution in [0, 0.1) is 0 Å². The van der Waals surface area contributed by atoms with Crippen molar-refractivity contribution in [1.82, 2.24) is 5.32 Å². The van der Waals surface area contributed by atoms with E-state index in [1.807, 2.05) is 35.9 Å². The van der Waals surface area contributed by atoms with Gasteiger partial charge in [0.05, 0.1) is 6.10 Å². The summed E-state index contributed by atoms with van der Waals surface area (Å²) < 4.78 is 0. The minimum absolute atomic E-state index is 0.378. The van der Waals surface area contributed by atoms with Crippen LogP contribution in [-0.4, -0.2) is 18.2 Å². The summed E-state index contributed by atoms with van der Waals surface area (Å²) in [5.74, 6) is 0. The van der Waals surface area contributed by atoms with Gasteiger partial charge in [-0.15, -0.1) is 0 Å². The molecule has 1 heterocycles. The van der Waals surface area contributed by atoms with Crippen molar-refractivity contribution in [1.29, 1.82) is 0 Å². The Kier molecular flexibility index (Phi) is 4.75. The quantitative estimate of drug-likeness (QED) is 0.558. The van der Waals surface area contributed by atoms with Crippen molar-refractivity contribution < 1.29 is 5.11 Å². The molecular weight excluding hydrogens is 182 g/mol. The molecule has 3 heteroatoms. The lowest BCUT2D eigenvalue weighted by Gasteiger charge is -2.08. The number of aliphatic hydroxyl groups is 1. The molecule has 0 saturated carbocycles. The zero-order valence-corrected chi connectivity index (χ0v) is 8.55. The first-order chi connectivity index (χ1) is 6.34. The Morgan fingerprint density at radius 3 is 3.15 bits per heavy atom. The van der Waals surface area contributed by atoms with E-state index in [0.29, 0.717) is 6.54 Å². The summed E-state index contributed by atoms with van der Waals surface area (Å²) in [5.41, 5.74) is 0.998. The maximum Gasteiger partial charge on any atom is 0.0922 e. The van der Waals surface area contributed by atoms with Crippen molar-refractivity contribution in [3.05, 3.63) is 34.5 Å². The van der Waals surface area contributed by atoms with Gasteiger partial charge in [-0.1, -0.05) is 12.2 Å². The summed E-state index contributed by atoms with van der Waals surface area (Å²) >= 11 is 1.61. The summed E-state index contributed by atoms with van der Waals surface area (Å²) in [7, 11) is 0. The molecule has 0 spiro atoms. The molecule has 1 aromatic rings. The third-order valence-electron chi connectivity index (χ3n) is 1.76. The highest BCUT2D eigenvalue weighted by Gasteiger charge is 2.05. The van der Waals surface area contributed by atoms with E-state index < -0.39 is 0 Å². The van der Waals surface area contributed by atoms with Crippen molar-refractivity contribution >= 4 is 11.3 Å². The molecule has 0 saturated heterocycles. The van der Waals surface area contributed by atoms with Gasteiger partial charge in [-0.3, -0.25) is 0 Å². The van der Waals surface area contributed by atoms with Crippen molar-refractivity contribution in [3.8, 4) is 0 Å². The third kappa shape index (κ3) is 3.72. The van der Waals surface area contributed by atoms with E-state index in [-0.39, 0.29) is 6.10 Å². The molecule has 72 valence electrons. The zero-order valence-electron chi connectivity index (χ0n) is 7.73. The standard InChI is InChI=1S/C10H15NOS/c1-2-3-5-11-7-10(12)9-4-6-13-8-9/h2-4,6,8,10-12H,5,7H2,1H3/b3-2+. The van der Waals surface area contributed by atoms with Gasteiger partial charge in [-0.25, -0.2) is 0 Å². The van der Waals surface area contributed by atoms with Crippen LogP contribution in [0.3, 0.4) is 0 Å². The van der Waals surface area contributed by atoms with Gasteiger partial charge in [0.25, 0.3) is 0 Å². The van der Waals surface area contributed by atoms with E-state index in [1.54, 1.807) is 11.3 Å². The van der Waals surface area contributed by atoms with Crippen LogP contribution in [0.5, 0.6) is 0 Å². The number of thiophene rings is 1. The Morgan fingerprint density at radius 2 is 2.54 bits per heavy atom. The minimum Gasteiger partial charge on any atom is -0.387 e. The molecule has 0 aliphatic heterocycles. The smallest absolute Gasteiger partial charge is 0.0922 e. The van der Waals surface area contributed by atoms with Crippen LogP contribution >= 0.6 is 11.3 Å². The van der Waals surface area contributed by atoms with E-state index in [9.17, 15) is 5.11 Å². The number of aliphatic hydroxyl groups excluding tert-OH is 1. The fraction of sp³-hybridized carbons (Fsp3) is 0.400. The Balaban J connectivity index is 2.22. The van der Waals surface area contributed by atoms with Crippen LogP contribution in [0.15, 0.2) is 29.0 Å². The molecule has 1 atom stereocenters. The lowest BCUT2D eigenvalue weighted by atomic mass is 10.2. The predicted molar refractivity (Wildman–Crippen MR) is 57.0 cm³/mol. The molecule has 0 aliphatic carbocycles. The fourth-order valence-electron chi connectivity index (χ4n) is 1.00. The number of hydrogen-bond acceptors (Lipinski definition) is 3. The lowest BCUT2D eigenvalue weighted by Crippen LogP contribution is -2.21. The molecule has 0 bridgehead atoms. The first-order valence-electron chi connectivity index (χ1n) is 4.36. The van der Waals surface area contributed by atoms with Gasteiger partial charge in [0.2, 0.25) is 0 Å². The highest BCUT2D eigenvalue weighted by molar-refractivity contribution is 7.07. The lowest BCUT2D eigenvalue weighted by molar-refractivity contribution is 0.177. The van der Waals surface area contributed by atoms with E-state index in [4.69, 9.17) is 0 Å². The Labute approximate surface area is 82.9 Å². The topological polar surface area (TPSA) is 32.3 Å². The van der Waals surface area contributed by atoms with Crippen molar-refractivity contribution in [3.63, 3.8) is 0 Å². The first-order valence-corrected chi connectivity index (χ1v) is 5.31. The molecule has 1 rings (SSSR count). The van der Waals surface area contributed by atoms with Gasteiger partial charge in [-0.2, -0.15) is 11.3 Å². The number of rotatable bonds is 5. The maximum atomic E-state index is 9.63. The number of nitrogens with one attached hydrogen (secondary N) is 1. The Hall–Kier alpha value is -0.640. The van der Waals surface area contributed by atoms with Crippen LogP contribution < -0.4 is 5.32 Å². The van der Waals surface area contributed by atoms with Gasteiger partial charge in [0.15, 0.2) is 0 Å². The molecular formula is C10H15NOS. The number of allylic oxidation sites excluding steroid dienone is 1. The van der Waals surface area contributed by atoms with Crippen LogP contribution in [0.25, 0.3) is 0 Å². The van der Waals surface area contributed by atoms with Crippen molar-refractivity contribution in [2.45, 2.75) is 13.0 Å². The van der Waals surface area contributed by atoms with Crippen LogP contribution in [0.1, 0.15) is 18.6 Å². The summed E-state index contributed by atoms with van der Waals surface area (Å²) in [5, 5.41) is 16.7. The molecule has 0 amide bonds. The summed E-state index contributed by atoms with van der Waals surface area (Å²) in [6.45, 7) is 3.41. The molecule has 13 heavy (non-hydrogen) atoms. The molecule has 0 radical (unpaired) electrons. The highest BCUT2D eigenvalue weighted by Crippen LogP contribution is 2.14. The van der Waals surface area contributed by atoms with Crippen LogP contribution in [-0.2, 0) is 0 Å². The van der Waals surface area contributed by atoms with E-state index in [1.165, 1.54) is 0 Å². The molecule has 2 nitrogen and oxygen atoms in total. The fourth-order valence-corrected chi connectivity index (χ4v) is 1.71. The monoisotopic (exact) mass is 197 g/mol. The van der Waals surface area contributed by atoms with Crippen LogP contribution in [0.2, 0.25) is 0 Å². The third-order valence-corrected chi connectivity index (χ3v) is 2.47. The average Bonchev–Trinajstić information content (AvgIpc) is 2.65. The predicted octanol–water partition coefficient (Wildman–Crippen LogP) is 1.95. The molecule has 2 N–H and O–H groups in total. The van der Waals surface area contributed by atoms with Crippen molar-refractivity contribution in [2.75, 3.05) is 13.1 Å². The molecule has 0 aliphatic rings. The summed E-state index contributed by atoms with van der Waals surface area (Å²) in [6, 6.07) is 1.95. The van der Waals surface area contributed by atoms with E-state index in [0.717, 1.165) is 12.1 Å². The highest BCUT2D eigenvalue weighted by atomic mass is 32.1. The second kappa shape index (κ2) is 5.91. The van der Waals surface area contributed by atoms with Crippen LogP contribution in [0.4, 0.5) is 0 Å². The summed E-state index contributed by atoms with van der Waals surface area (Å²) in [6.07, 6.45) is 3.64. The van der Waals surface area contributed by atoms with E-state index in [2.05, 4.69) is 5.32 Å². The van der Waals surface area contributed by atoms with Gasteiger partial charge in [-0.05, 0) is 29.3 Å². The largest absolute Gasteiger partial charge is 0.387 e. The molecule has 0 fully saturated rings. The number of hydrogen-bond donors (Lipinski definition) is 2. The zero-order chi connectivity index (χ0) is 9.52. The van der Waals surface area contributed by atoms with Crippen molar-refractivity contribution in [2.24, 2.45) is 0 Å². The SMILES string of the molecule is C/C=C/CNCC(O)c1ccsc1.